The largest absolute Gasteiger partial charge is 0.301 e. The van der Waals surface area contributed by atoms with Crippen molar-refractivity contribution in [2.24, 2.45) is 0 Å². The van der Waals surface area contributed by atoms with E-state index in [4.69, 9.17) is 19.9 Å². The molecule has 0 spiro atoms. The highest BCUT2D eigenvalue weighted by Gasteiger charge is 2.19. The Hall–Kier alpha value is -5.20. The molecule has 0 aliphatic carbocycles. The highest BCUT2D eigenvalue weighted by molar-refractivity contribution is 7.25. The van der Waals surface area contributed by atoms with Crippen LogP contribution in [0.5, 0.6) is 0 Å². The van der Waals surface area contributed by atoms with E-state index >= 15 is 0 Å². The summed E-state index contributed by atoms with van der Waals surface area (Å²) in [7, 11) is 0. The number of aromatic nitrogens is 5. The van der Waals surface area contributed by atoms with Gasteiger partial charge in [0.25, 0.3) is 0 Å². The summed E-state index contributed by atoms with van der Waals surface area (Å²) in [5.41, 5.74) is 6.09. The Morgan fingerprint density at radius 2 is 1.18 bits per heavy atom. The number of thiophene rings is 1. The molecule has 4 aromatic heterocycles. The van der Waals surface area contributed by atoms with Gasteiger partial charge in [-0.3, -0.25) is 4.98 Å². The molecule has 4 aromatic carbocycles. The lowest BCUT2D eigenvalue weighted by Gasteiger charge is -2.11. The van der Waals surface area contributed by atoms with Gasteiger partial charge in [0.1, 0.15) is 4.83 Å². The minimum atomic E-state index is 0.639. The van der Waals surface area contributed by atoms with Crippen LogP contribution in [0.25, 0.3) is 71.2 Å². The maximum Gasteiger partial charge on any atom is 0.164 e. The van der Waals surface area contributed by atoms with Crippen molar-refractivity contribution >= 4 is 42.7 Å². The van der Waals surface area contributed by atoms with Crippen LogP contribution in [0.15, 0.2) is 128 Å². The van der Waals surface area contributed by atoms with Gasteiger partial charge in [0, 0.05) is 39.3 Å². The monoisotopic (exact) mass is 531 g/mol. The number of hydrogen-bond acceptors (Lipinski definition) is 5. The molecule has 0 N–H and O–H groups in total. The number of nitrogens with zero attached hydrogens (tertiary/aromatic N) is 5. The van der Waals surface area contributed by atoms with Gasteiger partial charge >= 0.3 is 0 Å². The van der Waals surface area contributed by atoms with E-state index in [0.29, 0.717) is 17.5 Å². The lowest BCUT2D eigenvalue weighted by atomic mass is 10.1. The molecule has 0 radical (unpaired) electrons. The third kappa shape index (κ3) is 3.69. The molecule has 0 saturated heterocycles. The molecular formula is C34H21N5S. The fraction of sp³-hybridized carbons (Fsp3) is 0. The van der Waals surface area contributed by atoms with Crippen molar-refractivity contribution in [2.45, 2.75) is 0 Å². The zero-order valence-corrected chi connectivity index (χ0v) is 22.1. The van der Waals surface area contributed by atoms with Crippen LogP contribution >= 0.6 is 11.3 Å². The van der Waals surface area contributed by atoms with Crippen LogP contribution < -0.4 is 0 Å². The van der Waals surface area contributed by atoms with Gasteiger partial charge in [0.15, 0.2) is 17.5 Å². The zero-order chi connectivity index (χ0) is 26.5. The minimum absolute atomic E-state index is 0.639. The Morgan fingerprint density at radius 1 is 0.550 bits per heavy atom. The molecule has 0 amide bonds. The van der Waals surface area contributed by atoms with Gasteiger partial charge in [-0.05, 0) is 30.3 Å². The summed E-state index contributed by atoms with van der Waals surface area (Å²) in [4.78, 5) is 20.6. The van der Waals surface area contributed by atoms with Gasteiger partial charge in [-0.1, -0.05) is 91.0 Å². The fourth-order valence-corrected chi connectivity index (χ4v) is 6.49. The van der Waals surface area contributed by atoms with E-state index in [1.807, 2.05) is 72.9 Å². The van der Waals surface area contributed by atoms with E-state index in [9.17, 15) is 0 Å². The molecule has 0 unspecified atom stereocenters. The van der Waals surface area contributed by atoms with Gasteiger partial charge in [-0.2, -0.15) is 0 Å². The predicted molar refractivity (Wildman–Crippen MR) is 164 cm³/mol. The van der Waals surface area contributed by atoms with E-state index in [-0.39, 0.29) is 0 Å². The van der Waals surface area contributed by atoms with Crippen molar-refractivity contribution in [2.75, 3.05) is 0 Å². The second-order valence-corrected chi connectivity index (χ2v) is 10.6. The van der Waals surface area contributed by atoms with Crippen molar-refractivity contribution in [1.29, 1.82) is 0 Å². The molecule has 5 nitrogen and oxygen atoms in total. The Kier molecular flexibility index (Phi) is 5.24. The zero-order valence-electron chi connectivity index (χ0n) is 21.3. The molecule has 188 valence electrons. The third-order valence-electron chi connectivity index (χ3n) is 7.11. The van der Waals surface area contributed by atoms with Gasteiger partial charge in [-0.25, -0.2) is 15.0 Å². The fourth-order valence-electron chi connectivity index (χ4n) is 5.28. The van der Waals surface area contributed by atoms with Crippen LogP contribution in [-0.2, 0) is 0 Å². The maximum absolute atomic E-state index is 4.94. The Labute approximate surface area is 234 Å². The summed E-state index contributed by atoms with van der Waals surface area (Å²) in [6, 6.07) is 41.3. The van der Waals surface area contributed by atoms with Crippen LogP contribution in [0.1, 0.15) is 0 Å². The van der Waals surface area contributed by atoms with Crippen molar-refractivity contribution in [1.82, 2.24) is 24.5 Å². The average Bonchev–Trinajstić information content (AvgIpc) is 3.56. The van der Waals surface area contributed by atoms with Crippen molar-refractivity contribution < 1.29 is 0 Å². The minimum Gasteiger partial charge on any atom is -0.301 e. The average molecular weight is 532 g/mol. The van der Waals surface area contributed by atoms with Crippen LogP contribution in [0.3, 0.4) is 0 Å². The number of para-hydroxylation sites is 1. The first-order chi connectivity index (χ1) is 19.8. The molecule has 8 aromatic rings. The molecule has 0 bridgehead atoms. The molecule has 40 heavy (non-hydrogen) atoms. The molecule has 6 heteroatoms. The number of rotatable bonds is 4. The van der Waals surface area contributed by atoms with Crippen LogP contribution in [0.2, 0.25) is 0 Å². The number of pyridine rings is 1. The van der Waals surface area contributed by atoms with E-state index in [1.54, 1.807) is 11.3 Å². The summed E-state index contributed by atoms with van der Waals surface area (Å²) in [5, 5.41) is 2.39. The van der Waals surface area contributed by atoms with E-state index in [1.165, 1.54) is 20.3 Å². The molecule has 0 aliphatic rings. The first-order valence-electron chi connectivity index (χ1n) is 13.1. The molecule has 0 saturated carbocycles. The normalized spacial score (nSPS) is 11.5. The second kappa shape index (κ2) is 9.22. The molecule has 8 rings (SSSR count). The third-order valence-corrected chi connectivity index (χ3v) is 8.24. The highest BCUT2D eigenvalue weighted by atomic mass is 32.1. The highest BCUT2D eigenvalue weighted by Crippen LogP contribution is 2.41. The lowest BCUT2D eigenvalue weighted by Crippen LogP contribution is -2.01. The summed E-state index contributed by atoms with van der Waals surface area (Å²) in [6.45, 7) is 0. The molecule has 4 heterocycles. The van der Waals surface area contributed by atoms with Gasteiger partial charge in [0.2, 0.25) is 0 Å². The molecular weight excluding hydrogens is 510 g/mol. The molecule has 0 fully saturated rings. The Bertz CT molecular complexity index is 2110. The molecule has 0 aliphatic heterocycles. The van der Waals surface area contributed by atoms with Crippen LogP contribution in [0, 0.1) is 0 Å². The van der Waals surface area contributed by atoms with Gasteiger partial charge in [0.05, 0.1) is 15.7 Å². The second-order valence-electron chi connectivity index (χ2n) is 9.57. The van der Waals surface area contributed by atoms with Gasteiger partial charge < -0.3 is 4.57 Å². The number of benzene rings is 4. The molecule has 0 atom stereocenters. The topological polar surface area (TPSA) is 56.5 Å². The first-order valence-corrected chi connectivity index (χ1v) is 13.9. The predicted octanol–water partition coefficient (Wildman–Crippen LogP) is 8.58. The van der Waals surface area contributed by atoms with Crippen LogP contribution in [-0.4, -0.2) is 24.5 Å². The Balaban J connectivity index is 1.35. The van der Waals surface area contributed by atoms with E-state index in [2.05, 4.69) is 59.2 Å². The van der Waals surface area contributed by atoms with Crippen molar-refractivity contribution in [3.63, 3.8) is 0 Å². The van der Waals surface area contributed by atoms with E-state index in [0.717, 1.165) is 33.4 Å². The Morgan fingerprint density at radius 3 is 1.90 bits per heavy atom. The SMILES string of the molecule is c1ccc(-c2nc(-c3ccccc3)nc(-c3cccc(-n4c5ccccc5c5c6ncccc6sc54)c3)n2)cc1. The smallest absolute Gasteiger partial charge is 0.164 e. The quantitative estimate of drug-likeness (QED) is 0.228. The van der Waals surface area contributed by atoms with Crippen LogP contribution in [0.4, 0.5) is 0 Å². The summed E-state index contributed by atoms with van der Waals surface area (Å²) >= 11 is 1.77. The van der Waals surface area contributed by atoms with Crippen molar-refractivity contribution in [3.8, 4) is 39.9 Å². The summed E-state index contributed by atoms with van der Waals surface area (Å²) in [5.74, 6) is 1.94. The van der Waals surface area contributed by atoms with Crippen molar-refractivity contribution in [3.05, 3.63) is 128 Å². The number of hydrogen-bond donors (Lipinski definition) is 0. The summed E-state index contributed by atoms with van der Waals surface area (Å²) in [6.07, 6.45) is 1.87. The van der Waals surface area contributed by atoms with E-state index < -0.39 is 0 Å². The standard InChI is InChI=1S/C34H21N5S/c1-3-11-22(12-4-1)31-36-32(23-13-5-2-6-14-23)38-33(37-31)24-15-9-16-25(21-24)39-27-18-8-7-17-26(27)29-30-28(40-34(29)39)19-10-20-35-30/h1-21H. The summed E-state index contributed by atoms with van der Waals surface area (Å²) < 4.78 is 3.51. The lowest BCUT2D eigenvalue weighted by molar-refractivity contribution is 1.07. The maximum atomic E-state index is 4.94. The van der Waals surface area contributed by atoms with Gasteiger partial charge in [-0.15, -0.1) is 11.3 Å². The number of fused-ring (bicyclic) bond motifs is 5. The first kappa shape index (κ1) is 22.8.